The van der Waals surface area contributed by atoms with E-state index in [9.17, 15) is 12.8 Å². The summed E-state index contributed by atoms with van der Waals surface area (Å²) in [6, 6.07) is 6.30. The zero-order chi connectivity index (χ0) is 20.9. The van der Waals surface area contributed by atoms with Gasteiger partial charge in [-0.15, -0.1) is 24.0 Å². The molecule has 0 atom stereocenters. The van der Waals surface area contributed by atoms with Crippen molar-refractivity contribution in [3.63, 3.8) is 0 Å². The van der Waals surface area contributed by atoms with E-state index in [1.54, 1.807) is 25.2 Å². The lowest BCUT2D eigenvalue weighted by Gasteiger charge is -2.35. The lowest BCUT2D eigenvalue weighted by atomic mass is 10.2. The van der Waals surface area contributed by atoms with Gasteiger partial charge >= 0.3 is 0 Å². The van der Waals surface area contributed by atoms with Gasteiger partial charge in [0.15, 0.2) is 17.5 Å². The number of hydrogen-bond donors (Lipinski definition) is 1. The Morgan fingerprint density at radius 3 is 2.60 bits per heavy atom. The quantitative estimate of drug-likeness (QED) is 0.330. The first-order valence-electron chi connectivity index (χ1n) is 9.08. The first-order valence-corrected chi connectivity index (χ1v) is 10.7. The van der Waals surface area contributed by atoms with E-state index in [0.29, 0.717) is 44.4 Å². The molecule has 9 nitrogen and oxygen atoms in total. The van der Waals surface area contributed by atoms with Gasteiger partial charge in [-0.3, -0.25) is 4.99 Å². The van der Waals surface area contributed by atoms with Crippen LogP contribution in [0.15, 0.2) is 40.0 Å². The van der Waals surface area contributed by atoms with Gasteiger partial charge in [0.05, 0.1) is 12.8 Å². The summed E-state index contributed by atoms with van der Waals surface area (Å²) in [5.41, 5.74) is 1.13. The van der Waals surface area contributed by atoms with Gasteiger partial charge < -0.3 is 19.5 Å². The fourth-order valence-corrected chi connectivity index (χ4v) is 4.53. The van der Waals surface area contributed by atoms with Gasteiger partial charge in [-0.2, -0.15) is 4.31 Å². The third-order valence-electron chi connectivity index (χ3n) is 4.63. The lowest BCUT2D eigenvalue weighted by molar-refractivity contribution is 0.259. The van der Waals surface area contributed by atoms with Crippen molar-refractivity contribution in [1.29, 1.82) is 0 Å². The van der Waals surface area contributed by atoms with Crippen LogP contribution in [-0.2, 0) is 22.3 Å². The van der Waals surface area contributed by atoms with Gasteiger partial charge in [0.25, 0.3) is 0 Å². The van der Waals surface area contributed by atoms with E-state index in [1.165, 1.54) is 23.7 Å². The number of guanidine groups is 1. The Balaban J connectivity index is 0.00000320. The number of aliphatic imine (C=N–C) groups is 1. The number of benzene rings is 1. The molecular weight excluding hydrogens is 528 g/mol. The van der Waals surface area contributed by atoms with E-state index in [-0.39, 0.29) is 35.5 Å². The minimum atomic E-state index is -3.46. The van der Waals surface area contributed by atoms with Crippen LogP contribution in [0.4, 0.5) is 4.39 Å². The Bertz CT molecular complexity index is 947. The van der Waals surface area contributed by atoms with E-state index < -0.39 is 15.8 Å². The molecule has 1 aliphatic rings. The average molecular weight is 553 g/mol. The van der Waals surface area contributed by atoms with Crippen LogP contribution in [0.5, 0.6) is 5.75 Å². The van der Waals surface area contributed by atoms with E-state index in [2.05, 4.69) is 15.5 Å². The molecule has 0 radical (unpaired) electrons. The molecular formula is C18H25FIN5O4S. The standard InChI is InChI=1S/C18H24FN5O4S.HI/c1-20-18(21-12-14-3-4-17(27-2)16(19)11-14)23-6-8-24(9-7-23)29(25,26)13-15-5-10-28-22-15;/h3-5,10-11H,6-9,12-13H2,1-2H3,(H,20,21);1H. The molecule has 0 bridgehead atoms. The van der Waals surface area contributed by atoms with Crippen molar-refractivity contribution in [1.82, 2.24) is 19.7 Å². The summed E-state index contributed by atoms with van der Waals surface area (Å²) in [4.78, 5) is 6.23. The Hall–Kier alpha value is -1.93. The third kappa shape index (κ3) is 6.04. The zero-order valence-electron chi connectivity index (χ0n) is 16.7. The minimum absolute atomic E-state index is 0. The van der Waals surface area contributed by atoms with Crippen molar-refractivity contribution in [2.45, 2.75) is 12.3 Å². The predicted molar refractivity (Wildman–Crippen MR) is 121 cm³/mol. The molecule has 3 rings (SSSR count). The zero-order valence-corrected chi connectivity index (χ0v) is 19.9. The van der Waals surface area contributed by atoms with Gasteiger partial charge in [0.2, 0.25) is 10.0 Å². The molecule has 1 aromatic carbocycles. The predicted octanol–water partition coefficient (Wildman–Crippen LogP) is 1.66. The number of piperazine rings is 1. The molecule has 1 fully saturated rings. The summed E-state index contributed by atoms with van der Waals surface area (Å²) < 4.78 is 50.0. The number of nitrogens with one attached hydrogen (secondary N) is 1. The second-order valence-electron chi connectivity index (χ2n) is 6.50. The van der Waals surface area contributed by atoms with Crippen LogP contribution in [0, 0.1) is 5.82 Å². The van der Waals surface area contributed by atoms with Crippen molar-refractivity contribution >= 4 is 40.0 Å². The third-order valence-corrected chi connectivity index (χ3v) is 6.44. The van der Waals surface area contributed by atoms with Crippen LogP contribution >= 0.6 is 24.0 Å². The summed E-state index contributed by atoms with van der Waals surface area (Å²) in [7, 11) is -0.381. The highest BCUT2D eigenvalue weighted by molar-refractivity contribution is 14.0. The molecule has 12 heteroatoms. The number of aromatic nitrogens is 1. The van der Waals surface area contributed by atoms with Crippen LogP contribution in [0.2, 0.25) is 0 Å². The Morgan fingerprint density at radius 1 is 1.30 bits per heavy atom. The van der Waals surface area contributed by atoms with Crippen LogP contribution in [0.3, 0.4) is 0 Å². The van der Waals surface area contributed by atoms with Crippen LogP contribution in [0.1, 0.15) is 11.3 Å². The average Bonchev–Trinajstić information content (AvgIpc) is 3.21. The molecule has 1 aliphatic heterocycles. The molecule has 0 spiro atoms. The molecule has 0 saturated carbocycles. The van der Waals surface area contributed by atoms with Crippen LogP contribution in [0.25, 0.3) is 0 Å². The topological polar surface area (TPSA) is 100 Å². The molecule has 166 valence electrons. The molecule has 1 aromatic heterocycles. The summed E-state index contributed by atoms with van der Waals surface area (Å²) in [6.07, 6.45) is 1.35. The highest BCUT2D eigenvalue weighted by atomic mass is 127. The van der Waals surface area contributed by atoms with Crippen molar-refractivity contribution in [3.8, 4) is 5.75 Å². The van der Waals surface area contributed by atoms with Gasteiger partial charge in [0.1, 0.15) is 12.0 Å². The highest BCUT2D eigenvalue weighted by Crippen LogP contribution is 2.18. The molecule has 0 unspecified atom stereocenters. The second-order valence-corrected chi connectivity index (χ2v) is 8.47. The summed E-state index contributed by atoms with van der Waals surface area (Å²) in [5.74, 6) is 0.225. The number of halogens is 2. The maximum Gasteiger partial charge on any atom is 0.220 e. The van der Waals surface area contributed by atoms with E-state index in [0.717, 1.165) is 5.56 Å². The van der Waals surface area contributed by atoms with Crippen molar-refractivity contribution in [3.05, 3.63) is 47.6 Å². The first-order chi connectivity index (χ1) is 13.9. The number of methoxy groups -OCH3 is 1. The first kappa shape index (κ1) is 24.3. The summed E-state index contributed by atoms with van der Waals surface area (Å²) in [5, 5.41) is 6.86. The van der Waals surface area contributed by atoms with Crippen molar-refractivity contribution in [2.75, 3.05) is 40.3 Å². The molecule has 0 aliphatic carbocycles. The van der Waals surface area contributed by atoms with Gasteiger partial charge in [-0.05, 0) is 17.7 Å². The fourth-order valence-electron chi connectivity index (χ4n) is 3.10. The summed E-state index contributed by atoms with van der Waals surface area (Å²) >= 11 is 0. The number of sulfonamides is 1. The molecule has 2 aromatic rings. The maximum absolute atomic E-state index is 13.8. The van der Waals surface area contributed by atoms with Crippen molar-refractivity contribution in [2.24, 2.45) is 4.99 Å². The molecule has 0 amide bonds. The van der Waals surface area contributed by atoms with Crippen LogP contribution in [-0.4, -0.2) is 69.1 Å². The van der Waals surface area contributed by atoms with E-state index in [4.69, 9.17) is 9.26 Å². The molecule has 30 heavy (non-hydrogen) atoms. The molecule has 1 saturated heterocycles. The lowest BCUT2D eigenvalue weighted by Crippen LogP contribution is -2.53. The monoisotopic (exact) mass is 553 g/mol. The fraction of sp³-hybridized carbons (Fsp3) is 0.444. The number of nitrogens with zero attached hydrogens (tertiary/aromatic N) is 4. The Labute approximate surface area is 192 Å². The number of rotatable bonds is 6. The Kier molecular flexibility index (Phi) is 8.85. The summed E-state index contributed by atoms with van der Waals surface area (Å²) in [6.45, 7) is 2.07. The molecule has 1 N–H and O–H groups in total. The van der Waals surface area contributed by atoms with E-state index >= 15 is 0 Å². The van der Waals surface area contributed by atoms with Gasteiger partial charge in [-0.25, -0.2) is 12.8 Å². The highest BCUT2D eigenvalue weighted by Gasteiger charge is 2.29. The normalized spacial score (nSPS) is 15.6. The number of ether oxygens (including phenoxy) is 1. The Morgan fingerprint density at radius 2 is 2.03 bits per heavy atom. The smallest absolute Gasteiger partial charge is 0.220 e. The van der Waals surface area contributed by atoms with E-state index in [1.807, 2.05) is 4.90 Å². The number of hydrogen-bond acceptors (Lipinski definition) is 6. The maximum atomic E-state index is 13.8. The second kappa shape index (κ2) is 10.9. The molecule has 2 heterocycles. The van der Waals surface area contributed by atoms with Gasteiger partial charge in [0, 0.05) is 45.8 Å². The largest absolute Gasteiger partial charge is 0.494 e. The minimum Gasteiger partial charge on any atom is -0.494 e. The SMILES string of the molecule is CN=C(NCc1ccc(OC)c(F)c1)N1CCN(S(=O)(=O)Cc2ccon2)CC1.I. The van der Waals surface area contributed by atoms with Crippen molar-refractivity contribution < 1.29 is 22.1 Å². The van der Waals surface area contributed by atoms with Crippen LogP contribution < -0.4 is 10.1 Å². The van der Waals surface area contributed by atoms with Gasteiger partial charge in [-0.1, -0.05) is 11.2 Å².